The summed E-state index contributed by atoms with van der Waals surface area (Å²) in [6.07, 6.45) is 0. The molecule has 0 saturated heterocycles. The fourth-order valence-electron chi connectivity index (χ4n) is 1.69. The lowest BCUT2D eigenvalue weighted by atomic mass is 10.5. The molecule has 0 spiro atoms. The van der Waals surface area contributed by atoms with Crippen LogP contribution in [0.25, 0.3) is 9.92 Å². The second kappa shape index (κ2) is 5.87. The first-order chi connectivity index (χ1) is 11.5. The van der Waals surface area contributed by atoms with E-state index in [1.165, 1.54) is 53.3 Å². The van der Waals surface area contributed by atoms with Gasteiger partial charge in [0.25, 0.3) is 11.1 Å². The van der Waals surface area contributed by atoms with Crippen LogP contribution in [0.3, 0.4) is 0 Å². The zero-order valence-corrected chi connectivity index (χ0v) is 15.3. The van der Waals surface area contributed by atoms with Crippen LogP contribution in [0, 0.1) is 13.8 Å². The van der Waals surface area contributed by atoms with Gasteiger partial charge >= 0.3 is 0 Å². The zero-order valence-electron chi connectivity index (χ0n) is 12.0. The van der Waals surface area contributed by atoms with Crippen LogP contribution in [0.5, 0.6) is 0 Å². The van der Waals surface area contributed by atoms with Crippen molar-refractivity contribution >= 4 is 54.2 Å². The molecule has 0 fully saturated rings. The molecule has 0 amide bonds. The summed E-state index contributed by atoms with van der Waals surface area (Å²) in [5, 5.41) is 23.9. The van der Waals surface area contributed by atoms with E-state index < -0.39 is 0 Å². The largest absolute Gasteiger partial charge is 0.296 e. The first-order valence-corrected chi connectivity index (χ1v) is 10.1. The normalized spacial score (nSPS) is 11.6. The van der Waals surface area contributed by atoms with Crippen LogP contribution in [0.2, 0.25) is 0 Å². The Morgan fingerprint density at radius 3 is 1.58 bits per heavy atom. The van der Waals surface area contributed by atoms with E-state index in [2.05, 4.69) is 30.6 Å². The summed E-state index contributed by atoms with van der Waals surface area (Å²) >= 11 is 2.51. The van der Waals surface area contributed by atoms with Crippen molar-refractivity contribution in [1.29, 1.82) is 0 Å². The average Bonchev–Trinajstić information content (AvgIpc) is 3.17. The van der Waals surface area contributed by atoms with Crippen molar-refractivity contribution in [3.05, 3.63) is 32.1 Å². The lowest BCUT2D eigenvalue weighted by molar-refractivity contribution is 0.802. The third-order valence-electron chi connectivity index (χ3n) is 2.84. The Kier molecular flexibility index (Phi) is 3.82. The van der Waals surface area contributed by atoms with E-state index >= 15 is 0 Å². The van der Waals surface area contributed by atoms with Crippen LogP contribution in [0.15, 0.2) is 18.3 Å². The Labute approximate surface area is 148 Å². The quantitative estimate of drug-likeness (QED) is 0.459. The topological polar surface area (TPSA) is 120 Å². The van der Waals surface area contributed by atoms with Crippen LogP contribution in [0.1, 0.15) is 11.4 Å². The minimum atomic E-state index is -0.287. The smallest absolute Gasteiger partial charge is 0.265 e. The van der Waals surface area contributed by atoms with Crippen LogP contribution in [-0.2, 0) is 0 Å². The van der Waals surface area contributed by atoms with Gasteiger partial charge in [-0.3, -0.25) is 9.59 Å². The molecule has 4 rings (SSSR count). The summed E-state index contributed by atoms with van der Waals surface area (Å²) in [4.78, 5) is 24.7. The van der Waals surface area contributed by atoms with Gasteiger partial charge in [0.1, 0.15) is 11.4 Å². The van der Waals surface area contributed by atoms with Gasteiger partial charge in [-0.1, -0.05) is 22.7 Å². The summed E-state index contributed by atoms with van der Waals surface area (Å²) in [5.41, 5.74) is 0.0127. The molecule has 0 N–H and O–H groups in total. The number of nitrogens with zero attached hydrogens (tertiary/aromatic N) is 8. The van der Waals surface area contributed by atoms with Crippen LogP contribution >= 0.6 is 44.3 Å². The lowest BCUT2D eigenvalue weighted by Gasteiger charge is -1.90. The zero-order chi connectivity index (χ0) is 16.8. The van der Waals surface area contributed by atoms with Crippen molar-refractivity contribution in [3.8, 4) is 0 Å². The molecule has 0 aliphatic carbocycles. The third-order valence-corrected chi connectivity index (χ3v) is 7.59. The Bertz CT molecular complexity index is 1100. The predicted molar refractivity (Wildman–Crippen MR) is 91.0 cm³/mol. The molecule has 0 aliphatic heterocycles. The molecule has 14 heteroatoms. The van der Waals surface area contributed by atoms with Crippen LogP contribution < -0.4 is 11.1 Å². The summed E-state index contributed by atoms with van der Waals surface area (Å²) in [6.45, 7) is 3.18. The van der Waals surface area contributed by atoms with E-state index in [-0.39, 0.29) is 11.1 Å². The number of rotatable bonds is 3. The fraction of sp³-hybridized carbons (Fsp3) is 0.200. The van der Waals surface area contributed by atoms with Gasteiger partial charge in [0, 0.05) is 0 Å². The van der Waals surface area contributed by atoms with Crippen molar-refractivity contribution in [1.82, 2.24) is 39.6 Å². The summed E-state index contributed by atoms with van der Waals surface area (Å²) in [6, 6.07) is 0. The molecule has 0 atom stereocenters. The second-order valence-electron chi connectivity index (χ2n) is 4.47. The number of aryl methyl sites for hydroxylation is 2. The number of fused-ring (bicyclic) bond motifs is 2. The highest BCUT2D eigenvalue weighted by Crippen LogP contribution is 2.40. The van der Waals surface area contributed by atoms with Gasteiger partial charge in [-0.2, -0.15) is 9.03 Å². The summed E-state index contributed by atoms with van der Waals surface area (Å²) < 4.78 is 3.72. The molecule has 0 aliphatic rings. The van der Waals surface area contributed by atoms with E-state index in [4.69, 9.17) is 0 Å². The Morgan fingerprint density at radius 1 is 0.750 bits per heavy atom. The lowest BCUT2D eigenvalue weighted by Crippen LogP contribution is -2.19. The molecule has 0 saturated carbocycles. The minimum Gasteiger partial charge on any atom is -0.265 e. The molecule has 0 unspecified atom stereocenters. The van der Waals surface area contributed by atoms with Crippen molar-refractivity contribution in [2.45, 2.75) is 22.5 Å². The van der Waals surface area contributed by atoms with Gasteiger partial charge in [0.2, 0.25) is 9.92 Å². The second-order valence-corrected chi connectivity index (χ2v) is 9.01. The van der Waals surface area contributed by atoms with Gasteiger partial charge in [0.05, 0.1) is 0 Å². The molecule has 4 heterocycles. The van der Waals surface area contributed by atoms with Gasteiger partial charge in [-0.05, 0) is 35.4 Å². The van der Waals surface area contributed by atoms with Crippen molar-refractivity contribution in [3.63, 3.8) is 0 Å². The van der Waals surface area contributed by atoms with E-state index in [1.807, 2.05) is 0 Å². The Balaban J connectivity index is 1.63. The van der Waals surface area contributed by atoms with Crippen molar-refractivity contribution in [2.24, 2.45) is 0 Å². The molecule has 4 aromatic rings. The van der Waals surface area contributed by atoms with Crippen molar-refractivity contribution < 1.29 is 0 Å². The monoisotopic (exact) mass is 398 g/mol. The van der Waals surface area contributed by atoms with Gasteiger partial charge in [-0.25, -0.2) is 0 Å². The molecule has 0 aromatic carbocycles. The van der Waals surface area contributed by atoms with E-state index in [0.29, 0.717) is 30.0 Å². The average molecular weight is 398 g/mol. The summed E-state index contributed by atoms with van der Waals surface area (Å²) in [5.74, 6) is 0. The van der Waals surface area contributed by atoms with Crippen LogP contribution in [0.4, 0.5) is 0 Å². The number of hydrogen-bond acceptors (Lipinski definition) is 12. The molecular formula is C10H6N8O2S4. The Hall–Kier alpha value is -1.90. The maximum absolute atomic E-state index is 11.9. The van der Waals surface area contributed by atoms with E-state index in [0.717, 1.165) is 0 Å². The van der Waals surface area contributed by atoms with Gasteiger partial charge in [-0.15, -0.1) is 30.6 Å². The molecule has 4 aromatic heterocycles. The molecule has 24 heavy (non-hydrogen) atoms. The first kappa shape index (κ1) is 15.6. The molecule has 0 radical (unpaired) electrons. The van der Waals surface area contributed by atoms with Crippen molar-refractivity contribution in [2.75, 3.05) is 0 Å². The molecule has 10 nitrogen and oxygen atoms in total. The summed E-state index contributed by atoms with van der Waals surface area (Å²) in [7, 11) is 2.64. The highest BCUT2D eigenvalue weighted by atomic mass is 33.1. The van der Waals surface area contributed by atoms with Gasteiger partial charge in [0.15, 0.2) is 8.68 Å². The molecular weight excluding hydrogens is 392 g/mol. The Morgan fingerprint density at radius 2 is 1.17 bits per heavy atom. The maximum Gasteiger partial charge on any atom is 0.296 e. The predicted octanol–water partition coefficient (Wildman–Crippen LogP) is 0.822. The third kappa shape index (κ3) is 2.60. The SMILES string of the molecule is Cc1nnc2sc(SSc3nn4c(=O)c(C)nnc4s3)nn2c1=O. The highest BCUT2D eigenvalue weighted by Gasteiger charge is 2.14. The fourth-order valence-corrected chi connectivity index (χ4v) is 5.77. The molecule has 122 valence electrons. The van der Waals surface area contributed by atoms with Crippen LogP contribution in [-0.4, -0.2) is 39.6 Å². The maximum atomic E-state index is 11.9. The first-order valence-electron chi connectivity index (χ1n) is 6.34. The molecule has 0 bridgehead atoms. The van der Waals surface area contributed by atoms with Gasteiger partial charge < -0.3 is 0 Å². The number of hydrogen-bond donors (Lipinski definition) is 0. The standard InChI is InChI=1S/C10H6N8O2S4/c1-3-5(19)17-7(13-11-3)21-9(15-17)23-24-10-16-18-6(20)4(2)12-14-8(18)22-10/h1-2H3. The minimum absolute atomic E-state index is 0.287. The van der Waals surface area contributed by atoms with E-state index in [9.17, 15) is 9.59 Å². The highest BCUT2D eigenvalue weighted by molar-refractivity contribution is 8.77. The van der Waals surface area contributed by atoms with E-state index in [1.54, 1.807) is 13.8 Å². The number of aromatic nitrogens is 8.